The lowest BCUT2D eigenvalue weighted by Crippen LogP contribution is -2.38. The third-order valence-corrected chi connectivity index (χ3v) is 15.5. The molecule has 0 saturated heterocycles. The number of carboxylic acid groups (broad SMARTS) is 1. The van der Waals surface area contributed by atoms with Gasteiger partial charge in [-0.15, -0.1) is 0 Å². The van der Waals surface area contributed by atoms with Crippen molar-refractivity contribution in [1.82, 2.24) is 14.9 Å². The van der Waals surface area contributed by atoms with Gasteiger partial charge in [0.15, 0.2) is 5.82 Å². The van der Waals surface area contributed by atoms with Crippen LogP contribution in [0.4, 0.5) is 37.7 Å². The molecule has 6 aromatic rings. The number of nitrogens with zero attached hydrogens (tertiary/aromatic N) is 5. The number of rotatable bonds is 18. The van der Waals surface area contributed by atoms with E-state index in [0.29, 0.717) is 11.4 Å². The maximum Gasteiger partial charge on any atom is 0.416 e. The number of benzene rings is 5. The standard InChI is InChI=1S/C49H54F3N5O5.C18H13F3N2O4/c1-6-31-7-11-33(12-8-31)34-15-17-35(18-16-34)39-27-54-46(55-28-39)36-13-9-32(10-14-36)29-57(30-45(59)62-48(2,3)4)47(60)42-22-20-40(23-38(42)26-53)56-44(58)24-37-19-21-41(61-5)25-43(37)49(50,51)52;1-27-13-4-2-10(15(8-13)18(19,20)21)7-16(24)23-12-3-5-14(17(25)26)11(6-12)9-22/h9-10,13-14,17,19-23,25,27-28,31,33-34H,6-8,11-12,15-16,18,24,29-30H2,1-5H3,(H,56,58);2-6,8H,7H2,1H3,(H,23,24)(H,25,26). The molecule has 16 nitrogen and oxygen atoms in total. The van der Waals surface area contributed by atoms with E-state index >= 15 is 0 Å². The van der Waals surface area contributed by atoms with Gasteiger partial charge < -0.3 is 34.9 Å². The van der Waals surface area contributed by atoms with E-state index in [1.54, 1.807) is 26.8 Å². The molecule has 89 heavy (non-hydrogen) atoms. The van der Waals surface area contributed by atoms with Crippen molar-refractivity contribution in [3.63, 3.8) is 0 Å². The van der Waals surface area contributed by atoms with Crippen LogP contribution in [0.2, 0.25) is 0 Å². The Bertz CT molecular complexity index is 3670. The highest BCUT2D eigenvalue weighted by Gasteiger charge is 2.36. The number of alkyl halides is 6. The number of aromatic carboxylic acids is 1. The zero-order valence-corrected chi connectivity index (χ0v) is 49.9. The van der Waals surface area contributed by atoms with Gasteiger partial charge in [0.25, 0.3) is 5.91 Å². The molecule has 2 aliphatic rings. The summed E-state index contributed by atoms with van der Waals surface area (Å²) in [5.74, 6) is -1.07. The van der Waals surface area contributed by atoms with Crippen LogP contribution in [0, 0.1) is 40.4 Å². The Hall–Kier alpha value is -9.57. The van der Waals surface area contributed by atoms with E-state index in [9.17, 15) is 55.6 Å². The number of carboxylic acids is 1. The fourth-order valence-corrected chi connectivity index (χ4v) is 10.9. The van der Waals surface area contributed by atoms with Crippen LogP contribution in [0.3, 0.4) is 0 Å². The largest absolute Gasteiger partial charge is 0.497 e. The number of methoxy groups -OCH3 is 2. The first-order chi connectivity index (χ1) is 42.2. The Balaban J connectivity index is 0.000000348. The van der Waals surface area contributed by atoms with Gasteiger partial charge in [-0.05, 0) is 154 Å². The minimum absolute atomic E-state index is 0.00642. The lowest BCUT2D eigenvalue weighted by Gasteiger charge is -2.35. The summed E-state index contributed by atoms with van der Waals surface area (Å²) >= 11 is 0. The minimum Gasteiger partial charge on any atom is -0.497 e. The highest BCUT2D eigenvalue weighted by Crippen LogP contribution is 2.42. The predicted molar refractivity (Wildman–Crippen MR) is 319 cm³/mol. The van der Waals surface area contributed by atoms with Crippen LogP contribution in [0.15, 0.2) is 116 Å². The minimum atomic E-state index is -4.72. The van der Waals surface area contributed by atoms with E-state index in [0.717, 1.165) is 72.1 Å². The summed E-state index contributed by atoms with van der Waals surface area (Å²) in [5, 5.41) is 32.9. The number of anilines is 2. The Kier molecular flexibility index (Phi) is 22.1. The summed E-state index contributed by atoms with van der Waals surface area (Å²) in [6, 6.07) is 25.0. The number of nitriles is 2. The van der Waals surface area contributed by atoms with Crippen molar-refractivity contribution in [2.24, 2.45) is 17.8 Å². The zero-order chi connectivity index (χ0) is 64.8. The highest BCUT2D eigenvalue weighted by atomic mass is 19.4. The van der Waals surface area contributed by atoms with Gasteiger partial charge >= 0.3 is 24.3 Å². The Labute approximate surface area is 511 Å². The average molecular weight is 1230 g/mol. The summed E-state index contributed by atoms with van der Waals surface area (Å²) < 4.78 is 96.0. The summed E-state index contributed by atoms with van der Waals surface area (Å²) in [4.78, 5) is 73.8. The number of nitrogens with one attached hydrogen (secondary N) is 2. The molecule has 0 radical (unpaired) electrons. The maximum atomic E-state index is 14.1. The molecule has 5 aromatic carbocycles. The molecule has 0 aliphatic heterocycles. The molecule has 466 valence electrons. The molecule has 8 rings (SSSR count). The van der Waals surface area contributed by atoms with E-state index in [1.165, 1.54) is 106 Å². The molecule has 1 heterocycles. The molecule has 1 unspecified atom stereocenters. The van der Waals surface area contributed by atoms with Crippen LogP contribution in [0.25, 0.3) is 17.0 Å². The van der Waals surface area contributed by atoms with Gasteiger partial charge in [-0.25, -0.2) is 14.8 Å². The van der Waals surface area contributed by atoms with Crippen molar-refractivity contribution in [3.05, 3.63) is 171 Å². The van der Waals surface area contributed by atoms with Crippen molar-refractivity contribution in [2.75, 3.05) is 31.4 Å². The number of ether oxygens (including phenoxy) is 3. The molecular formula is C67H67F6N7O9. The molecular weight excluding hydrogens is 1160 g/mol. The third-order valence-electron chi connectivity index (χ3n) is 15.5. The number of amides is 3. The SMILES string of the molecule is CCC1CCC(C2CC=C(c3cnc(-c4ccc(CN(CC(=O)OC(C)(C)C)C(=O)c5ccc(NC(=O)Cc6ccc(OC)cc6C(F)(F)F)cc5C#N)cc4)nc3)CC2)CC1.COc1ccc(CC(=O)Nc2ccc(C(=O)O)c(C#N)c2)c(C(F)(F)F)c1. The highest BCUT2D eigenvalue weighted by molar-refractivity contribution is 6.00. The number of hydrogen-bond donors (Lipinski definition) is 3. The topological polar surface area (TPSA) is 234 Å². The fraction of sp³-hybridized carbons (Fsp3) is 0.358. The molecule has 3 N–H and O–H groups in total. The first-order valence-electron chi connectivity index (χ1n) is 28.7. The average Bonchev–Trinajstić information content (AvgIpc) is 1.52. The van der Waals surface area contributed by atoms with Crippen LogP contribution >= 0.6 is 0 Å². The van der Waals surface area contributed by atoms with Crippen molar-refractivity contribution < 1.29 is 69.6 Å². The zero-order valence-electron chi connectivity index (χ0n) is 49.9. The molecule has 22 heteroatoms. The number of aromatic nitrogens is 2. The quantitative estimate of drug-likeness (QED) is 0.0537. The normalized spacial score (nSPS) is 15.8. The number of halogens is 6. The van der Waals surface area contributed by atoms with E-state index in [2.05, 4.69) is 33.6 Å². The van der Waals surface area contributed by atoms with Crippen molar-refractivity contribution in [3.8, 4) is 35.0 Å². The lowest BCUT2D eigenvalue weighted by atomic mass is 9.71. The van der Waals surface area contributed by atoms with Crippen LogP contribution in [0.5, 0.6) is 11.5 Å². The Morgan fingerprint density at radius 1 is 0.663 bits per heavy atom. The van der Waals surface area contributed by atoms with Gasteiger partial charge in [-0.2, -0.15) is 36.9 Å². The van der Waals surface area contributed by atoms with E-state index < -0.39 is 78.1 Å². The molecule has 2 aliphatic carbocycles. The summed E-state index contributed by atoms with van der Waals surface area (Å²) in [6.45, 7) is 7.01. The smallest absolute Gasteiger partial charge is 0.416 e. The van der Waals surface area contributed by atoms with Crippen LogP contribution in [-0.4, -0.2) is 76.0 Å². The van der Waals surface area contributed by atoms with Gasteiger partial charge in [-0.3, -0.25) is 19.2 Å². The molecule has 0 spiro atoms. The van der Waals surface area contributed by atoms with Crippen molar-refractivity contribution in [1.29, 1.82) is 10.5 Å². The van der Waals surface area contributed by atoms with E-state index in [4.69, 9.17) is 24.6 Å². The van der Waals surface area contributed by atoms with Crippen molar-refractivity contribution >= 4 is 46.6 Å². The predicted octanol–water partition coefficient (Wildman–Crippen LogP) is 14.1. The first-order valence-corrected chi connectivity index (χ1v) is 28.7. The van der Waals surface area contributed by atoms with Crippen LogP contribution in [-0.2, 0) is 50.9 Å². The van der Waals surface area contributed by atoms with E-state index in [-0.39, 0.29) is 62.8 Å². The van der Waals surface area contributed by atoms with Gasteiger partial charge in [0.1, 0.15) is 35.8 Å². The lowest BCUT2D eigenvalue weighted by molar-refractivity contribution is -0.155. The molecule has 1 saturated carbocycles. The number of esters is 1. The Morgan fingerprint density at radius 3 is 1.63 bits per heavy atom. The first kappa shape index (κ1) is 66.9. The summed E-state index contributed by atoms with van der Waals surface area (Å²) in [6.07, 6.45) is 5.67. The summed E-state index contributed by atoms with van der Waals surface area (Å²) in [5.41, 5.74) is 0.0773. The van der Waals surface area contributed by atoms with Gasteiger partial charge in [-0.1, -0.05) is 68.7 Å². The Morgan fingerprint density at radius 2 is 1.18 bits per heavy atom. The van der Waals surface area contributed by atoms with Crippen molar-refractivity contribution in [2.45, 2.75) is 116 Å². The second-order valence-electron chi connectivity index (χ2n) is 22.7. The fourth-order valence-electron chi connectivity index (χ4n) is 10.9. The molecule has 1 aromatic heterocycles. The third kappa shape index (κ3) is 18.5. The van der Waals surface area contributed by atoms with Gasteiger partial charge in [0, 0.05) is 41.4 Å². The van der Waals surface area contributed by atoms with Crippen LogP contribution < -0.4 is 20.1 Å². The number of carbonyl (C=O) groups is 5. The second kappa shape index (κ2) is 29.4. The van der Waals surface area contributed by atoms with Gasteiger partial charge in [0.2, 0.25) is 11.8 Å². The second-order valence-corrected chi connectivity index (χ2v) is 22.7. The van der Waals surface area contributed by atoms with Crippen LogP contribution in [0.1, 0.15) is 144 Å². The van der Waals surface area contributed by atoms with Gasteiger partial charge in [0.05, 0.1) is 60.4 Å². The monoisotopic (exact) mass is 1230 g/mol. The molecule has 3 amide bonds. The number of allylic oxidation sites excluding steroid dienone is 2. The number of carbonyl (C=O) groups excluding carboxylic acids is 4. The molecule has 1 atom stereocenters. The van der Waals surface area contributed by atoms with E-state index in [1.807, 2.05) is 42.7 Å². The molecule has 0 bridgehead atoms. The molecule has 1 fully saturated rings. The number of hydrogen-bond acceptors (Lipinski definition) is 12. The summed E-state index contributed by atoms with van der Waals surface area (Å²) in [7, 11) is 2.47. The maximum absolute atomic E-state index is 14.1.